The molecule has 4 aromatic rings. The van der Waals surface area contributed by atoms with E-state index in [9.17, 15) is 18.0 Å². The largest absolute Gasteiger partial charge is 0.345 e. The minimum atomic E-state index is -4.07. The van der Waals surface area contributed by atoms with E-state index in [4.69, 9.17) is 11.6 Å². The van der Waals surface area contributed by atoms with Crippen molar-refractivity contribution in [3.63, 3.8) is 0 Å². The van der Waals surface area contributed by atoms with E-state index in [0.29, 0.717) is 5.69 Å². The Kier molecular flexibility index (Phi) is 8.14. The molecule has 1 atom stereocenters. The summed E-state index contributed by atoms with van der Waals surface area (Å²) in [7, 11) is -4.07. The van der Waals surface area contributed by atoms with Crippen molar-refractivity contribution < 1.29 is 18.0 Å². The number of aryl methyl sites for hydroxylation is 1. The molecule has 9 heteroatoms. The molecule has 0 bridgehead atoms. The fraction of sp³-hybridized carbons (Fsp3) is 0.103. The van der Waals surface area contributed by atoms with Crippen LogP contribution in [0.4, 0.5) is 11.4 Å². The van der Waals surface area contributed by atoms with Crippen LogP contribution in [0, 0.1) is 6.92 Å². The third-order valence-electron chi connectivity index (χ3n) is 5.85. The zero-order chi connectivity index (χ0) is 27.3. The highest BCUT2D eigenvalue weighted by Gasteiger charge is 2.22. The van der Waals surface area contributed by atoms with Gasteiger partial charge in [0.25, 0.3) is 21.8 Å². The Balaban J connectivity index is 1.54. The smallest absolute Gasteiger partial charge is 0.263 e. The summed E-state index contributed by atoms with van der Waals surface area (Å²) in [6.45, 7) is 3.76. The first-order valence-corrected chi connectivity index (χ1v) is 13.7. The summed E-state index contributed by atoms with van der Waals surface area (Å²) in [6, 6.07) is 26.6. The van der Waals surface area contributed by atoms with Crippen LogP contribution in [-0.2, 0) is 10.0 Å². The van der Waals surface area contributed by atoms with Gasteiger partial charge in [-0.25, -0.2) is 8.42 Å². The Morgan fingerprint density at radius 1 is 0.816 bits per heavy atom. The number of para-hydroxylation sites is 1. The van der Waals surface area contributed by atoms with Crippen molar-refractivity contribution in [2.45, 2.75) is 24.8 Å². The van der Waals surface area contributed by atoms with Gasteiger partial charge in [-0.2, -0.15) is 0 Å². The van der Waals surface area contributed by atoms with E-state index in [0.717, 1.165) is 11.1 Å². The maximum atomic E-state index is 13.1. The van der Waals surface area contributed by atoms with Crippen molar-refractivity contribution in [1.29, 1.82) is 0 Å². The summed E-state index contributed by atoms with van der Waals surface area (Å²) in [5.41, 5.74) is 2.90. The van der Waals surface area contributed by atoms with Crippen LogP contribution in [0.15, 0.2) is 102 Å². The molecule has 0 spiro atoms. The van der Waals surface area contributed by atoms with Gasteiger partial charge in [-0.05, 0) is 61.9 Å². The van der Waals surface area contributed by atoms with Gasteiger partial charge in [-0.1, -0.05) is 71.8 Å². The summed E-state index contributed by atoms with van der Waals surface area (Å²) in [5, 5.41) is 5.62. The molecule has 4 aromatic carbocycles. The SMILES string of the molecule is Cc1ccc(NS(=O)(=O)c2cc(C(=O)Nc3ccccc3C(=O)N[C@H](C)c3ccccc3)ccc2Cl)cc1. The Morgan fingerprint density at radius 3 is 2.18 bits per heavy atom. The molecule has 0 radical (unpaired) electrons. The van der Waals surface area contributed by atoms with Gasteiger partial charge in [-0.3, -0.25) is 14.3 Å². The van der Waals surface area contributed by atoms with E-state index in [1.807, 2.05) is 44.2 Å². The first-order chi connectivity index (χ1) is 18.1. The van der Waals surface area contributed by atoms with Gasteiger partial charge in [-0.15, -0.1) is 0 Å². The molecule has 0 saturated heterocycles. The highest BCUT2D eigenvalue weighted by atomic mass is 35.5. The second-order valence-electron chi connectivity index (χ2n) is 8.72. The summed E-state index contributed by atoms with van der Waals surface area (Å²) < 4.78 is 28.5. The zero-order valence-electron chi connectivity index (χ0n) is 20.7. The minimum absolute atomic E-state index is 0.0316. The Morgan fingerprint density at radius 2 is 1.47 bits per heavy atom. The lowest BCUT2D eigenvalue weighted by Gasteiger charge is -2.16. The average molecular weight is 548 g/mol. The molecule has 2 amide bonds. The number of sulfonamides is 1. The molecule has 0 aromatic heterocycles. The number of anilines is 2. The number of amides is 2. The van der Waals surface area contributed by atoms with Gasteiger partial charge in [0.15, 0.2) is 0 Å². The lowest BCUT2D eigenvalue weighted by Crippen LogP contribution is -2.28. The van der Waals surface area contributed by atoms with E-state index in [1.165, 1.54) is 18.2 Å². The molecule has 0 heterocycles. The van der Waals surface area contributed by atoms with E-state index < -0.39 is 15.9 Å². The molecule has 7 nitrogen and oxygen atoms in total. The number of rotatable bonds is 8. The quantitative estimate of drug-likeness (QED) is 0.244. The number of benzene rings is 4. The van der Waals surface area contributed by atoms with Crippen molar-refractivity contribution in [1.82, 2.24) is 5.32 Å². The van der Waals surface area contributed by atoms with Gasteiger partial charge in [0.05, 0.1) is 22.3 Å². The van der Waals surface area contributed by atoms with Crippen LogP contribution >= 0.6 is 11.6 Å². The number of halogens is 1. The van der Waals surface area contributed by atoms with Crippen LogP contribution in [-0.4, -0.2) is 20.2 Å². The molecule has 0 fully saturated rings. The average Bonchev–Trinajstić information content (AvgIpc) is 2.90. The first kappa shape index (κ1) is 26.9. The van der Waals surface area contributed by atoms with Gasteiger partial charge >= 0.3 is 0 Å². The second kappa shape index (κ2) is 11.5. The van der Waals surface area contributed by atoms with Crippen LogP contribution < -0.4 is 15.4 Å². The first-order valence-electron chi connectivity index (χ1n) is 11.8. The summed E-state index contributed by atoms with van der Waals surface area (Å²) in [4.78, 5) is 25.9. The standard InChI is InChI=1S/C29H26ClN3O4S/c1-19-12-15-23(16-13-19)33-38(36,37)27-18-22(14-17-25(27)30)28(34)32-26-11-7-6-10-24(26)29(35)31-20(2)21-8-4-3-5-9-21/h3-18,20,33H,1-2H3,(H,31,35)(H,32,34)/t20-/m1/s1. The fourth-order valence-corrected chi connectivity index (χ4v) is 5.35. The Labute approximate surface area is 226 Å². The zero-order valence-corrected chi connectivity index (χ0v) is 22.3. The maximum Gasteiger partial charge on any atom is 0.263 e. The van der Waals surface area contributed by atoms with E-state index in [1.54, 1.807) is 48.5 Å². The van der Waals surface area contributed by atoms with Crippen molar-refractivity contribution >= 4 is 44.8 Å². The van der Waals surface area contributed by atoms with Crippen LogP contribution in [0.25, 0.3) is 0 Å². The molecular weight excluding hydrogens is 522 g/mol. The van der Waals surface area contributed by atoms with E-state index in [-0.39, 0.29) is 38.7 Å². The third-order valence-corrected chi connectivity index (χ3v) is 7.72. The summed E-state index contributed by atoms with van der Waals surface area (Å²) in [5.74, 6) is -0.955. The lowest BCUT2D eigenvalue weighted by molar-refractivity contribution is 0.0940. The van der Waals surface area contributed by atoms with Crippen LogP contribution in [0.3, 0.4) is 0 Å². The minimum Gasteiger partial charge on any atom is -0.345 e. The molecule has 0 unspecified atom stereocenters. The van der Waals surface area contributed by atoms with Gasteiger partial charge in [0, 0.05) is 11.3 Å². The van der Waals surface area contributed by atoms with Crippen molar-refractivity contribution in [2.24, 2.45) is 0 Å². The number of carbonyl (C=O) groups is 2. The van der Waals surface area contributed by atoms with Crippen LogP contribution in [0.1, 0.15) is 44.8 Å². The molecular formula is C29H26ClN3O4S. The highest BCUT2D eigenvalue weighted by molar-refractivity contribution is 7.92. The Hall–Kier alpha value is -4.14. The predicted octanol–water partition coefficient (Wildman–Crippen LogP) is 6.19. The fourth-order valence-electron chi connectivity index (χ4n) is 3.77. The summed E-state index contributed by atoms with van der Waals surface area (Å²) in [6.07, 6.45) is 0. The molecule has 0 aliphatic carbocycles. The van der Waals surface area contributed by atoms with Crippen molar-refractivity contribution in [3.8, 4) is 0 Å². The molecule has 38 heavy (non-hydrogen) atoms. The number of carbonyl (C=O) groups excluding carboxylic acids is 2. The van der Waals surface area contributed by atoms with Crippen molar-refractivity contribution in [3.05, 3.63) is 124 Å². The monoisotopic (exact) mass is 547 g/mol. The van der Waals surface area contributed by atoms with E-state index >= 15 is 0 Å². The summed E-state index contributed by atoms with van der Waals surface area (Å²) >= 11 is 6.20. The molecule has 0 saturated carbocycles. The Bertz CT molecular complexity index is 1570. The number of hydrogen-bond acceptors (Lipinski definition) is 4. The second-order valence-corrected chi connectivity index (χ2v) is 10.8. The van der Waals surface area contributed by atoms with Gasteiger partial charge < -0.3 is 10.6 Å². The maximum absolute atomic E-state index is 13.1. The molecule has 194 valence electrons. The third kappa shape index (κ3) is 6.40. The number of nitrogens with one attached hydrogen (secondary N) is 3. The van der Waals surface area contributed by atoms with E-state index in [2.05, 4.69) is 15.4 Å². The number of hydrogen-bond donors (Lipinski definition) is 3. The molecule has 0 aliphatic rings. The molecule has 4 rings (SSSR count). The van der Waals surface area contributed by atoms with Crippen LogP contribution in [0.5, 0.6) is 0 Å². The van der Waals surface area contributed by atoms with Crippen LogP contribution in [0.2, 0.25) is 5.02 Å². The van der Waals surface area contributed by atoms with Crippen molar-refractivity contribution in [2.75, 3.05) is 10.0 Å². The molecule has 3 N–H and O–H groups in total. The van der Waals surface area contributed by atoms with Gasteiger partial charge in [0.2, 0.25) is 0 Å². The topological polar surface area (TPSA) is 104 Å². The molecule has 0 aliphatic heterocycles. The van der Waals surface area contributed by atoms with Gasteiger partial charge in [0.1, 0.15) is 4.90 Å². The predicted molar refractivity (Wildman–Crippen MR) is 150 cm³/mol. The lowest BCUT2D eigenvalue weighted by atomic mass is 10.1. The normalized spacial score (nSPS) is 11.9. The highest BCUT2D eigenvalue weighted by Crippen LogP contribution is 2.26.